The van der Waals surface area contributed by atoms with Gasteiger partial charge in [0, 0.05) is 23.1 Å². The highest BCUT2D eigenvalue weighted by atomic mass is 35.5. The van der Waals surface area contributed by atoms with Crippen molar-refractivity contribution in [3.63, 3.8) is 0 Å². The number of hydrogen-bond acceptors (Lipinski definition) is 6. The van der Waals surface area contributed by atoms with Crippen molar-refractivity contribution in [3.8, 4) is 11.1 Å². The molecule has 0 radical (unpaired) electrons. The van der Waals surface area contributed by atoms with E-state index in [1.165, 1.54) is 0 Å². The number of anilines is 1. The highest BCUT2D eigenvalue weighted by Gasteiger charge is 2.20. The van der Waals surface area contributed by atoms with Gasteiger partial charge in [0.05, 0.1) is 22.9 Å². The topological polar surface area (TPSA) is 83.3 Å². The van der Waals surface area contributed by atoms with E-state index in [2.05, 4.69) is 27.0 Å². The first-order valence-corrected chi connectivity index (χ1v) is 12.8. The van der Waals surface area contributed by atoms with Crippen LogP contribution in [0.5, 0.6) is 0 Å². The van der Waals surface area contributed by atoms with E-state index in [1.54, 1.807) is 17.1 Å². The van der Waals surface area contributed by atoms with E-state index in [1.807, 2.05) is 54.6 Å². The molecule has 0 saturated carbocycles. The maximum Gasteiger partial charge on any atom is 0.261 e. The highest BCUT2D eigenvalue weighted by molar-refractivity contribution is 7.61. The summed E-state index contributed by atoms with van der Waals surface area (Å²) in [5.74, 6) is 0. The average molecular weight is 494 g/mol. The molecule has 3 heterocycles. The number of halogens is 1. The largest absolute Gasteiger partial charge is 0.351 e. The Kier molecular flexibility index (Phi) is 6.61. The molecule has 1 saturated heterocycles. The Hall–Kier alpha value is -2.83. The minimum atomic E-state index is -1.64. The first kappa shape index (κ1) is 22.9. The van der Waals surface area contributed by atoms with Gasteiger partial charge < -0.3 is 14.9 Å². The van der Waals surface area contributed by atoms with Crippen LogP contribution in [-0.4, -0.2) is 44.5 Å². The molecule has 34 heavy (non-hydrogen) atoms. The second-order valence-electron chi connectivity index (χ2n) is 8.54. The van der Waals surface area contributed by atoms with Gasteiger partial charge in [-0.05, 0) is 56.7 Å². The summed E-state index contributed by atoms with van der Waals surface area (Å²) in [6, 6.07) is 17.0. The molecule has 0 spiro atoms. The van der Waals surface area contributed by atoms with Crippen LogP contribution >= 0.6 is 19.9 Å². The van der Waals surface area contributed by atoms with Crippen LogP contribution in [0.1, 0.15) is 18.9 Å². The summed E-state index contributed by atoms with van der Waals surface area (Å²) in [6.07, 6.45) is 5.22. The summed E-state index contributed by atoms with van der Waals surface area (Å²) < 4.78 is 1.78. The monoisotopic (exact) mass is 493 g/mol. The molecular formula is C25H25ClN5O2P. The lowest BCUT2D eigenvalue weighted by molar-refractivity contribution is 0.218. The van der Waals surface area contributed by atoms with Crippen molar-refractivity contribution in [1.82, 2.24) is 19.4 Å². The van der Waals surface area contributed by atoms with Crippen molar-refractivity contribution in [2.45, 2.75) is 18.9 Å². The van der Waals surface area contributed by atoms with Gasteiger partial charge in [0.1, 0.15) is 0 Å². The summed E-state index contributed by atoms with van der Waals surface area (Å²) in [7, 11) is 0.465. The molecular weight excluding hydrogens is 469 g/mol. The molecule has 0 bridgehead atoms. The zero-order valence-corrected chi connectivity index (χ0v) is 20.4. The van der Waals surface area contributed by atoms with Crippen molar-refractivity contribution in [2.75, 3.05) is 25.2 Å². The highest BCUT2D eigenvalue weighted by Crippen LogP contribution is 2.36. The molecule has 1 atom stereocenters. The Bertz CT molecular complexity index is 1370. The molecule has 0 amide bonds. The lowest BCUT2D eigenvalue weighted by atomic mass is 10.0. The fraction of sp³-hybridized carbons (Fsp3) is 0.240. The van der Waals surface area contributed by atoms with Crippen molar-refractivity contribution in [3.05, 3.63) is 82.6 Å². The first-order valence-electron chi connectivity index (χ1n) is 11.2. The van der Waals surface area contributed by atoms with E-state index < -0.39 is 8.30 Å². The smallest absolute Gasteiger partial charge is 0.261 e. The number of fused-ring (bicyclic) bond motifs is 1. The molecule has 2 aromatic heterocycles. The van der Waals surface area contributed by atoms with E-state index in [9.17, 15) is 9.69 Å². The van der Waals surface area contributed by atoms with Crippen LogP contribution in [0.3, 0.4) is 0 Å². The van der Waals surface area contributed by atoms with Gasteiger partial charge in [0.2, 0.25) is 0 Å². The number of piperidine rings is 1. The molecule has 2 aromatic carbocycles. The Balaban J connectivity index is 1.47. The van der Waals surface area contributed by atoms with Crippen molar-refractivity contribution in [1.29, 1.82) is 0 Å². The van der Waals surface area contributed by atoms with Gasteiger partial charge in [-0.1, -0.05) is 48.0 Å². The molecule has 9 heteroatoms. The van der Waals surface area contributed by atoms with Crippen LogP contribution in [-0.2, 0) is 0 Å². The quantitative estimate of drug-likeness (QED) is 0.316. The minimum absolute atomic E-state index is 0.0235. The lowest BCUT2D eigenvalue weighted by Crippen LogP contribution is -2.35. The van der Waals surface area contributed by atoms with Crippen LogP contribution < -0.4 is 16.0 Å². The Labute approximate surface area is 203 Å². The predicted molar refractivity (Wildman–Crippen MR) is 139 cm³/mol. The molecule has 1 aliphatic heterocycles. The standard InChI is InChI=1S/C25H25ClN5O2P/c1-30-11-9-19(10-12-30)31-16-28-22-8-7-17(13-21(22)25(31)32)18-14-23(24(26)27-15-18)29-34(33)20-5-3-2-4-6-20/h2-8,13-16,19,29,33H,9-12H2,1H3. The number of benzene rings is 2. The maximum absolute atomic E-state index is 13.3. The lowest BCUT2D eigenvalue weighted by Gasteiger charge is -2.30. The Morgan fingerprint density at radius 1 is 1.06 bits per heavy atom. The van der Waals surface area contributed by atoms with Gasteiger partial charge in [0.25, 0.3) is 5.56 Å². The van der Waals surface area contributed by atoms with Gasteiger partial charge >= 0.3 is 0 Å². The third-order valence-electron chi connectivity index (χ3n) is 6.26. The van der Waals surface area contributed by atoms with Crippen molar-refractivity contribution >= 4 is 41.8 Å². The molecule has 1 unspecified atom stereocenters. The van der Waals surface area contributed by atoms with Crippen LogP contribution in [0.2, 0.25) is 5.15 Å². The third-order valence-corrected chi connectivity index (χ3v) is 7.80. The summed E-state index contributed by atoms with van der Waals surface area (Å²) in [5, 5.41) is 4.72. The minimum Gasteiger partial charge on any atom is -0.351 e. The van der Waals surface area contributed by atoms with Gasteiger partial charge in [-0.3, -0.25) is 9.36 Å². The Morgan fingerprint density at radius 3 is 2.59 bits per heavy atom. The SMILES string of the molecule is CN1CCC(n2cnc3ccc(-c4cnc(Cl)c(NP(O)c5ccccc5)c4)cc3c2=O)CC1. The van der Waals surface area contributed by atoms with E-state index >= 15 is 0 Å². The number of pyridine rings is 1. The molecule has 4 aromatic rings. The van der Waals surface area contributed by atoms with Gasteiger partial charge in [-0.15, -0.1) is 0 Å². The van der Waals surface area contributed by atoms with Crippen molar-refractivity contribution < 1.29 is 4.89 Å². The van der Waals surface area contributed by atoms with Gasteiger partial charge in [0.15, 0.2) is 13.5 Å². The molecule has 174 valence electrons. The number of aromatic nitrogens is 3. The molecule has 7 nitrogen and oxygen atoms in total. The number of likely N-dealkylation sites (tertiary alicyclic amines) is 1. The molecule has 2 N–H and O–H groups in total. The fourth-order valence-corrected chi connectivity index (χ4v) is 5.48. The summed E-state index contributed by atoms with van der Waals surface area (Å²) >= 11 is 6.31. The van der Waals surface area contributed by atoms with Crippen LogP contribution in [0, 0.1) is 0 Å². The van der Waals surface area contributed by atoms with Crippen molar-refractivity contribution in [2.24, 2.45) is 0 Å². The predicted octanol–water partition coefficient (Wildman–Crippen LogP) is 4.42. The number of rotatable bonds is 5. The van der Waals surface area contributed by atoms with Crippen LogP contribution in [0.4, 0.5) is 5.69 Å². The fourth-order valence-electron chi connectivity index (χ4n) is 4.28. The summed E-state index contributed by atoms with van der Waals surface area (Å²) in [4.78, 5) is 35.1. The second kappa shape index (κ2) is 9.80. The van der Waals surface area contributed by atoms with E-state index in [-0.39, 0.29) is 16.8 Å². The average Bonchev–Trinajstić information content (AvgIpc) is 2.87. The zero-order chi connectivity index (χ0) is 23.7. The van der Waals surface area contributed by atoms with Crippen LogP contribution in [0.25, 0.3) is 22.0 Å². The maximum atomic E-state index is 13.3. The number of hydrogen-bond donors (Lipinski definition) is 2. The van der Waals surface area contributed by atoms with E-state index in [4.69, 9.17) is 11.6 Å². The Morgan fingerprint density at radius 2 is 1.82 bits per heavy atom. The van der Waals surface area contributed by atoms with Crippen LogP contribution in [0.15, 0.2) is 71.9 Å². The third kappa shape index (κ3) is 4.70. The number of nitrogens with one attached hydrogen (secondary N) is 1. The second-order valence-corrected chi connectivity index (χ2v) is 10.3. The van der Waals surface area contributed by atoms with Gasteiger partial charge in [-0.2, -0.15) is 0 Å². The summed E-state index contributed by atoms with van der Waals surface area (Å²) in [5.41, 5.74) is 2.80. The number of nitrogens with zero attached hydrogens (tertiary/aromatic N) is 4. The molecule has 1 aliphatic rings. The molecule has 1 fully saturated rings. The normalized spacial score (nSPS) is 16.0. The van der Waals surface area contributed by atoms with E-state index in [0.29, 0.717) is 16.6 Å². The molecule has 5 rings (SSSR count). The summed E-state index contributed by atoms with van der Waals surface area (Å²) in [6.45, 7) is 1.94. The molecule has 0 aliphatic carbocycles. The zero-order valence-electron chi connectivity index (χ0n) is 18.7. The van der Waals surface area contributed by atoms with E-state index in [0.717, 1.165) is 42.4 Å². The first-order chi connectivity index (χ1) is 16.5. The van der Waals surface area contributed by atoms with Gasteiger partial charge in [-0.25, -0.2) is 9.97 Å².